The van der Waals surface area contributed by atoms with Crippen LogP contribution < -0.4 is 0 Å². The lowest BCUT2D eigenvalue weighted by Crippen LogP contribution is -2.01. The lowest BCUT2D eigenvalue weighted by Gasteiger charge is -2.04. The number of rotatable bonds is 8. The van der Waals surface area contributed by atoms with Crippen molar-refractivity contribution in [2.24, 2.45) is 0 Å². The van der Waals surface area contributed by atoms with Gasteiger partial charge in [0.2, 0.25) is 0 Å². The molecular formula is C12H18O3S. The Morgan fingerprint density at radius 3 is 2.88 bits per heavy atom. The van der Waals surface area contributed by atoms with Crippen LogP contribution in [0.5, 0.6) is 5.75 Å². The topological polar surface area (TPSA) is 38.7 Å². The zero-order chi connectivity index (χ0) is 11.6. The first-order chi connectivity index (χ1) is 7.83. The Labute approximate surface area is 101 Å². The summed E-state index contributed by atoms with van der Waals surface area (Å²) in [6.07, 6.45) is 0.938. The lowest BCUT2D eigenvalue weighted by molar-refractivity contribution is 0.113. The second kappa shape index (κ2) is 8.44. The molecule has 0 aliphatic heterocycles. The molecule has 16 heavy (non-hydrogen) atoms. The van der Waals surface area contributed by atoms with Gasteiger partial charge in [0.05, 0.1) is 6.61 Å². The molecule has 1 aromatic rings. The summed E-state index contributed by atoms with van der Waals surface area (Å²) in [6.45, 7) is 2.22. The van der Waals surface area contributed by atoms with Gasteiger partial charge in [-0.2, -0.15) is 0 Å². The Bertz CT molecular complexity index is 291. The molecule has 0 saturated carbocycles. The van der Waals surface area contributed by atoms with Crippen molar-refractivity contribution in [2.75, 3.05) is 32.7 Å². The van der Waals surface area contributed by atoms with E-state index in [0.29, 0.717) is 5.75 Å². The molecule has 0 amide bonds. The van der Waals surface area contributed by atoms with E-state index in [9.17, 15) is 5.11 Å². The van der Waals surface area contributed by atoms with Crippen molar-refractivity contribution < 1.29 is 14.6 Å². The highest BCUT2D eigenvalue weighted by molar-refractivity contribution is 7.99. The third-order valence-corrected chi connectivity index (χ3v) is 2.91. The number of aromatic hydroxyl groups is 1. The van der Waals surface area contributed by atoms with Crippen molar-refractivity contribution in [2.45, 2.75) is 11.3 Å². The van der Waals surface area contributed by atoms with Crippen LogP contribution in [0.25, 0.3) is 0 Å². The van der Waals surface area contributed by atoms with E-state index in [2.05, 4.69) is 0 Å². The van der Waals surface area contributed by atoms with Gasteiger partial charge >= 0.3 is 0 Å². The highest BCUT2D eigenvalue weighted by Crippen LogP contribution is 2.21. The molecule has 3 nitrogen and oxygen atoms in total. The van der Waals surface area contributed by atoms with E-state index >= 15 is 0 Å². The first-order valence-corrected chi connectivity index (χ1v) is 6.30. The van der Waals surface area contributed by atoms with Crippen LogP contribution in [0.4, 0.5) is 0 Å². The van der Waals surface area contributed by atoms with Gasteiger partial charge in [0.25, 0.3) is 0 Å². The molecular weight excluding hydrogens is 224 g/mol. The number of methoxy groups -OCH3 is 1. The van der Waals surface area contributed by atoms with Gasteiger partial charge in [0.15, 0.2) is 0 Å². The summed E-state index contributed by atoms with van der Waals surface area (Å²) < 4.78 is 10.3. The maximum absolute atomic E-state index is 9.25. The van der Waals surface area contributed by atoms with Crippen molar-refractivity contribution >= 4 is 11.8 Å². The van der Waals surface area contributed by atoms with E-state index in [-0.39, 0.29) is 0 Å². The van der Waals surface area contributed by atoms with Gasteiger partial charge in [-0.3, -0.25) is 0 Å². The van der Waals surface area contributed by atoms with Crippen LogP contribution in [0, 0.1) is 0 Å². The number of benzene rings is 1. The summed E-state index contributed by atoms with van der Waals surface area (Å²) in [5, 5.41) is 9.25. The fraction of sp³-hybridized carbons (Fsp3) is 0.500. The Kier molecular flexibility index (Phi) is 7.05. The smallest absolute Gasteiger partial charge is 0.116 e. The SMILES string of the molecule is COCCCOCCSc1cccc(O)c1. The van der Waals surface area contributed by atoms with Gasteiger partial charge in [-0.25, -0.2) is 0 Å². The Morgan fingerprint density at radius 1 is 1.25 bits per heavy atom. The lowest BCUT2D eigenvalue weighted by atomic mass is 10.3. The standard InChI is InChI=1S/C12H18O3S/c1-14-6-3-7-15-8-9-16-12-5-2-4-11(13)10-12/h2,4-5,10,13H,3,6-9H2,1H3. The van der Waals surface area contributed by atoms with Gasteiger partial charge < -0.3 is 14.6 Å². The average Bonchev–Trinajstić information content (AvgIpc) is 2.28. The molecule has 0 aliphatic carbocycles. The molecule has 0 radical (unpaired) electrons. The molecule has 4 heteroatoms. The molecule has 0 saturated heterocycles. The van der Waals surface area contributed by atoms with Gasteiger partial charge in [0.1, 0.15) is 5.75 Å². The number of phenols is 1. The van der Waals surface area contributed by atoms with Crippen molar-refractivity contribution in [1.29, 1.82) is 0 Å². The van der Waals surface area contributed by atoms with Gasteiger partial charge in [0, 0.05) is 31.0 Å². The Hall–Kier alpha value is -0.710. The fourth-order valence-corrected chi connectivity index (χ4v) is 2.01. The minimum Gasteiger partial charge on any atom is -0.508 e. The van der Waals surface area contributed by atoms with E-state index < -0.39 is 0 Å². The molecule has 0 atom stereocenters. The van der Waals surface area contributed by atoms with Crippen LogP contribution in [-0.2, 0) is 9.47 Å². The molecule has 0 aliphatic rings. The molecule has 0 fully saturated rings. The number of thioether (sulfide) groups is 1. The van der Waals surface area contributed by atoms with E-state index in [1.54, 1.807) is 31.0 Å². The van der Waals surface area contributed by atoms with Crippen molar-refractivity contribution in [3.8, 4) is 5.75 Å². The molecule has 1 aromatic carbocycles. The molecule has 0 aromatic heterocycles. The maximum Gasteiger partial charge on any atom is 0.116 e. The van der Waals surface area contributed by atoms with E-state index in [1.165, 1.54) is 0 Å². The fourth-order valence-electron chi connectivity index (χ4n) is 1.20. The number of phenolic OH excluding ortho intramolecular Hbond substituents is 1. The summed E-state index contributed by atoms with van der Waals surface area (Å²) in [7, 11) is 1.69. The van der Waals surface area contributed by atoms with Crippen LogP contribution in [0.2, 0.25) is 0 Å². The molecule has 0 spiro atoms. The summed E-state index contributed by atoms with van der Waals surface area (Å²) >= 11 is 1.68. The molecule has 1 N–H and O–H groups in total. The zero-order valence-electron chi connectivity index (χ0n) is 9.52. The molecule has 0 bridgehead atoms. The molecule has 0 heterocycles. The largest absolute Gasteiger partial charge is 0.508 e. The normalized spacial score (nSPS) is 10.6. The van der Waals surface area contributed by atoms with Gasteiger partial charge in [-0.1, -0.05) is 6.07 Å². The van der Waals surface area contributed by atoms with E-state index in [0.717, 1.165) is 36.9 Å². The van der Waals surface area contributed by atoms with Crippen molar-refractivity contribution in [1.82, 2.24) is 0 Å². The third-order valence-electron chi connectivity index (χ3n) is 1.95. The second-order valence-electron chi connectivity index (χ2n) is 3.30. The predicted molar refractivity (Wildman–Crippen MR) is 66.1 cm³/mol. The molecule has 1 rings (SSSR count). The van der Waals surface area contributed by atoms with Crippen LogP contribution in [-0.4, -0.2) is 37.8 Å². The summed E-state index contributed by atoms with van der Waals surface area (Å²) in [6, 6.07) is 7.26. The molecule has 90 valence electrons. The third kappa shape index (κ3) is 6.00. The number of ether oxygens (including phenoxy) is 2. The van der Waals surface area contributed by atoms with E-state index in [1.807, 2.05) is 12.1 Å². The second-order valence-corrected chi connectivity index (χ2v) is 4.47. The first-order valence-electron chi connectivity index (χ1n) is 5.31. The van der Waals surface area contributed by atoms with Gasteiger partial charge in [-0.15, -0.1) is 11.8 Å². The van der Waals surface area contributed by atoms with Crippen molar-refractivity contribution in [3.63, 3.8) is 0 Å². The predicted octanol–water partition coefficient (Wildman–Crippen LogP) is 2.54. The monoisotopic (exact) mass is 242 g/mol. The average molecular weight is 242 g/mol. The van der Waals surface area contributed by atoms with Crippen LogP contribution >= 0.6 is 11.8 Å². The summed E-state index contributed by atoms with van der Waals surface area (Å²) in [5.41, 5.74) is 0. The van der Waals surface area contributed by atoms with Gasteiger partial charge in [-0.05, 0) is 24.6 Å². The zero-order valence-corrected chi connectivity index (χ0v) is 10.3. The van der Waals surface area contributed by atoms with Crippen molar-refractivity contribution in [3.05, 3.63) is 24.3 Å². The highest BCUT2D eigenvalue weighted by atomic mass is 32.2. The summed E-state index contributed by atoms with van der Waals surface area (Å²) in [4.78, 5) is 1.07. The number of hydrogen-bond acceptors (Lipinski definition) is 4. The quantitative estimate of drug-likeness (QED) is 0.561. The van der Waals surface area contributed by atoms with Crippen LogP contribution in [0.3, 0.4) is 0 Å². The minimum atomic E-state index is 0.311. The highest BCUT2D eigenvalue weighted by Gasteiger charge is 1.95. The van der Waals surface area contributed by atoms with Crippen LogP contribution in [0.1, 0.15) is 6.42 Å². The molecule has 0 unspecified atom stereocenters. The van der Waals surface area contributed by atoms with E-state index in [4.69, 9.17) is 9.47 Å². The Balaban J connectivity index is 2.03. The minimum absolute atomic E-state index is 0.311. The maximum atomic E-state index is 9.25. The first kappa shape index (κ1) is 13.4. The van der Waals surface area contributed by atoms with Crippen LogP contribution in [0.15, 0.2) is 29.2 Å². The summed E-state index contributed by atoms with van der Waals surface area (Å²) in [5.74, 6) is 1.21. The number of hydrogen-bond donors (Lipinski definition) is 1. The Morgan fingerprint density at radius 2 is 2.12 bits per heavy atom.